The molecule has 1 aliphatic carbocycles. The summed E-state index contributed by atoms with van der Waals surface area (Å²) in [5.74, 6) is -0.906. The summed E-state index contributed by atoms with van der Waals surface area (Å²) < 4.78 is 0. The molecule has 0 radical (unpaired) electrons. The highest BCUT2D eigenvalue weighted by molar-refractivity contribution is 5.76. The minimum absolute atomic E-state index is 0.184. The summed E-state index contributed by atoms with van der Waals surface area (Å²) in [6.45, 7) is 1.78. The monoisotopic (exact) mass is 171 g/mol. The maximum Gasteiger partial charge on any atom is 0.326 e. The third kappa shape index (κ3) is 1.75. The van der Waals surface area contributed by atoms with E-state index in [0.717, 1.165) is 12.8 Å². The Morgan fingerprint density at radius 1 is 1.75 bits per heavy atom. The van der Waals surface area contributed by atoms with Crippen LogP contribution in [0, 0.1) is 0 Å². The molecule has 0 aliphatic heterocycles. The first-order valence-corrected chi connectivity index (χ1v) is 4.16. The Morgan fingerprint density at radius 3 is 2.58 bits per heavy atom. The zero-order valence-corrected chi connectivity index (χ0v) is 7.06. The van der Waals surface area contributed by atoms with E-state index in [-0.39, 0.29) is 6.04 Å². The van der Waals surface area contributed by atoms with Crippen LogP contribution in [0.3, 0.4) is 0 Å². The number of hydrogen-bond acceptors (Lipinski definition) is 2. The van der Waals surface area contributed by atoms with Crippen LogP contribution in [-0.2, 0) is 9.59 Å². The topological polar surface area (TPSA) is 57.6 Å². The Labute approximate surface area is 71.2 Å². The van der Waals surface area contributed by atoms with Gasteiger partial charge in [-0.25, -0.2) is 4.79 Å². The van der Waals surface area contributed by atoms with Gasteiger partial charge in [0.15, 0.2) is 0 Å². The van der Waals surface area contributed by atoms with Crippen molar-refractivity contribution >= 4 is 12.4 Å². The molecule has 12 heavy (non-hydrogen) atoms. The van der Waals surface area contributed by atoms with Crippen molar-refractivity contribution in [2.45, 2.75) is 38.3 Å². The van der Waals surface area contributed by atoms with Crippen molar-refractivity contribution in [1.29, 1.82) is 0 Å². The van der Waals surface area contributed by atoms with Gasteiger partial charge in [-0.05, 0) is 19.3 Å². The molecule has 0 aromatic heterocycles. The molecule has 0 saturated heterocycles. The van der Waals surface area contributed by atoms with Crippen molar-refractivity contribution in [3.8, 4) is 0 Å². The molecule has 1 amide bonds. The lowest BCUT2D eigenvalue weighted by Gasteiger charge is -2.23. The van der Waals surface area contributed by atoms with Gasteiger partial charge in [0.2, 0.25) is 6.41 Å². The van der Waals surface area contributed by atoms with E-state index in [1.54, 1.807) is 6.92 Å². The number of aliphatic carboxylic acids is 1. The smallest absolute Gasteiger partial charge is 0.326 e. The van der Waals surface area contributed by atoms with Gasteiger partial charge in [-0.15, -0.1) is 0 Å². The summed E-state index contributed by atoms with van der Waals surface area (Å²) in [5.41, 5.74) is 0. The minimum Gasteiger partial charge on any atom is -0.480 e. The first-order chi connectivity index (χ1) is 5.70. The molecule has 1 fully saturated rings. The van der Waals surface area contributed by atoms with E-state index in [4.69, 9.17) is 5.11 Å². The second-order valence-electron chi connectivity index (χ2n) is 3.05. The number of carboxylic acids is 1. The number of carbonyl (C=O) groups excluding carboxylic acids is 1. The van der Waals surface area contributed by atoms with Crippen LogP contribution in [0.5, 0.6) is 0 Å². The van der Waals surface area contributed by atoms with Gasteiger partial charge in [0.1, 0.15) is 6.04 Å². The Hall–Kier alpha value is -1.06. The molecule has 1 aliphatic rings. The number of carbonyl (C=O) groups is 2. The van der Waals surface area contributed by atoms with Crippen molar-refractivity contribution < 1.29 is 14.7 Å². The average Bonchev–Trinajstić information content (AvgIpc) is 2.81. The van der Waals surface area contributed by atoms with Crippen molar-refractivity contribution in [2.75, 3.05) is 0 Å². The van der Waals surface area contributed by atoms with Crippen molar-refractivity contribution in [1.82, 2.24) is 4.90 Å². The molecular weight excluding hydrogens is 158 g/mol. The molecule has 1 saturated carbocycles. The highest BCUT2D eigenvalue weighted by Crippen LogP contribution is 2.28. The molecule has 1 unspecified atom stereocenters. The van der Waals surface area contributed by atoms with Gasteiger partial charge >= 0.3 is 5.97 Å². The first-order valence-electron chi connectivity index (χ1n) is 4.16. The Morgan fingerprint density at radius 2 is 2.33 bits per heavy atom. The summed E-state index contributed by atoms with van der Waals surface area (Å²) >= 11 is 0. The van der Waals surface area contributed by atoms with E-state index in [2.05, 4.69) is 0 Å². The second kappa shape index (κ2) is 3.56. The van der Waals surface area contributed by atoms with Gasteiger partial charge < -0.3 is 10.0 Å². The van der Waals surface area contributed by atoms with E-state index in [9.17, 15) is 9.59 Å². The highest BCUT2D eigenvalue weighted by atomic mass is 16.4. The Balaban J connectivity index is 2.59. The molecular formula is C8H13NO3. The normalized spacial score (nSPS) is 18.4. The molecule has 4 nitrogen and oxygen atoms in total. The molecule has 0 bridgehead atoms. The third-order valence-corrected chi connectivity index (χ3v) is 2.12. The zero-order valence-electron chi connectivity index (χ0n) is 7.06. The fourth-order valence-corrected chi connectivity index (χ4v) is 1.30. The number of rotatable bonds is 5. The van der Waals surface area contributed by atoms with Crippen LogP contribution in [0.4, 0.5) is 0 Å². The summed E-state index contributed by atoms with van der Waals surface area (Å²) in [6.07, 6.45) is 3.02. The van der Waals surface area contributed by atoms with Crippen LogP contribution in [0.25, 0.3) is 0 Å². The first kappa shape index (κ1) is 9.03. The quantitative estimate of drug-likeness (QED) is 0.612. The van der Waals surface area contributed by atoms with E-state index < -0.39 is 12.0 Å². The number of hydrogen-bond donors (Lipinski definition) is 1. The standard InChI is InChI=1S/C8H13NO3/c1-2-7(8(11)12)9(5-10)6-3-4-6/h5-7H,2-4H2,1H3,(H,11,12). The zero-order chi connectivity index (χ0) is 9.14. The van der Waals surface area contributed by atoms with Gasteiger partial charge in [0.25, 0.3) is 0 Å². The molecule has 0 spiro atoms. The molecule has 1 N–H and O–H groups in total. The van der Waals surface area contributed by atoms with Gasteiger partial charge in [0, 0.05) is 6.04 Å². The van der Waals surface area contributed by atoms with Crippen LogP contribution in [0.15, 0.2) is 0 Å². The van der Waals surface area contributed by atoms with Gasteiger partial charge in [-0.2, -0.15) is 0 Å². The molecule has 0 heterocycles. The van der Waals surface area contributed by atoms with E-state index in [1.807, 2.05) is 0 Å². The largest absolute Gasteiger partial charge is 0.480 e. The average molecular weight is 171 g/mol. The van der Waals surface area contributed by atoms with Crippen molar-refractivity contribution in [2.24, 2.45) is 0 Å². The fourth-order valence-electron chi connectivity index (χ4n) is 1.30. The number of carboxylic acid groups (broad SMARTS) is 1. The van der Waals surface area contributed by atoms with Crippen molar-refractivity contribution in [3.63, 3.8) is 0 Å². The fraction of sp³-hybridized carbons (Fsp3) is 0.750. The van der Waals surface area contributed by atoms with Gasteiger partial charge in [-0.3, -0.25) is 4.79 Å². The molecule has 0 aromatic carbocycles. The summed E-state index contributed by atoms with van der Waals surface area (Å²) in [7, 11) is 0. The van der Waals surface area contributed by atoms with Crippen LogP contribution < -0.4 is 0 Å². The lowest BCUT2D eigenvalue weighted by Crippen LogP contribution is -2.41. The Bertz CT molecular complexity index is 189. The molecule has 1 atom stereocenters. The molecule has 68 valence electrons. The minimum atomic E-state index is -0.906. The summed E-state index contributed by atoms with van der Waals surface area (Å²) in [6, 6.07) is -0.446. The van der Waals surface area contributed by atoms with Gasteiger partial charge in [0.05, 0.1) is 0 Å². The predicted octanol–water partition coefficient (Wildman–Crippen LogP) is 0.470. The summed E-state index contributed by atoms with van der Waals surface area (Å²) in [5, 5.41) is 8.75. The van der Waals surface area contributed by atoms with Crippen LogP contribution >= 0.6 is 0 Å². The molecule has 4 heteroatoms. The van der Waals surface area contributed by atoms with Crippen LogP contribution in [0.2, 0.25) is 0 Å². The SMILES string of the molecule is CCC(C(=O)O)N(C=O)C1CC1. The number of amides is 1. The number of nitrogens with zero attached hydrogens (tertiary/aromatic N) is 1. The third-order valence-electron chi connectivity index (χ3n) is 2.12. The second-order valence-corrected chi connectivity index (χ2v) is 3.05. The molecule has 0 aromatic rings. The van der Waals surface area contributed by atoms with Crippen LogP contribution in [0.1, 0.15) is 26.2 Å². The summed E-state index contributed by atoms with van der Waals surface area (Å²) in [4.78, 5) is 22.6. The van der Waals surface area contributed by atoms with E-state index >= 15 is 0 Å². The van der Waals surface area contributed by atoms with E-state index in [0.29, 0.717) is 12.8 Å². The highest BCUT2D eigenvalue weighted by Gasteiger charge is 2.35. The van der Waals surface area contributed by atoms with Crippen LogP contribution in [-0.4, -0.2) is 34.5 Å². The predicted molar refractivity (Wildman–Crippen MR) is 42.6 cm³/mol. The Kier molecular flexibility index (Phi) is 2.68. The van der Waals surface area contributed by atoms with Crippen molar-refractivity contribution in [3.05, 3.63) is 0 Å². The molecule has 1 rings (SSSR count). The lowest BCUT2D eigenvalue weighted by atomic mass is 10.2. The maximum atomic E-state index is 10.7. The lowest BCUT2D eigenvalue weighted by molar-refractivity contribution is -0.146. The maximum absolute atomic E-state index is 10.7. The van der Waals surface area contributed by atoms with E-state index in [1.165, 1.54) is 4.90 Å². The van der Waals surface area contributed by atoms with Gasteiger partial charge in [-0.1, -0.05) is 6.92 Å².